The highest BCUT2D eigenvalue weighted by atomic mass is 35.5. The van der Waals surface area contributed by atoms with Crippen LogP contribution in [-0.2, 0) is 20.7 Å². The maximum absolute atomic E-state index is 12.4. The van der Waals surface area contributed by atoms with Crippen LogP contribution < -0.4 is 0 Å². The van der Waals surface area contributed by atoms with Crippen LogP contribution in [0.4, 0.5) is 0 Å². The Balaban J connectivity index is 2.75. The first-order valence-corrected chi connectivity index (χ1v) is 7.48. The summed E-state index contributed by atoms with van der Waals surface area (Å²) < 4.78 is 4.92. The lowest BCUT2D eigenvalue weighted by molar-refractivity contribution is -0.149. The largest absolute Gasteiger partial charge is 0.465 e. The smallest absolute Gasteiger partial charge is 0.325 e. The number of ether oxygens (including phenoxy) is 1. The van der Waals surface area contributed by atoms with Crippen molar-refractivity contribution < 1.29 is 14.3 Å². The molecule has 0 radical (unpaired) electrons. The van der Waals surface area contributed by atoms with Crippen LogP contribution in [0, 0.1) is 5.92 Å². The van der Waals surface area contributed by atoms with Gasteiger partial charge in [0.05, 0.1) is 13.0 Å². The van der Waals surface area contributed by atoms with Crippen LogP contribution >= 0.6 is 11.6 Å². The summed E-state index contributed by atoms with van der Waals surface area (Å²) in [5.74, 6) is -0.231. The number of carbonyl (C=O) groups excluding carboxylic acids is 2. The van der Waals surface area contributed by atoms with Crippen molar-refractivity contribution in [2.75, 3.05) is 19.7 Å². The Labute approximate surface area is 131 Å². The van der Waals surface area contributed by atoms with Gasteiger partial charge in [-0.25, -0.2) is 0 Å². The van der Waals surface area contributed by atoms with Gasteiger partial charge < -0.3 is 9.64 Å². The van der Waals surface area contributed by atoms with E-state index in [1.54, 1.807) is 13.0 Å². The third-order valence-electron chi connectivity index (χ3n) is 2.86. The molecule has 0 saturated heterocycles. The number of hydrogen-bond donors (Lipinski definition) is 0. The lowest BCUT2D eigenvalue weighted by Crippen LogP contribution is -2.39. The van der Waals surface area contributed by atoms with Crippen molar-refractivity contribution in [2.24, 2.45) is 5.92 Å². The van der Waals surface area contributed by atoms with Gasteiger partial charge in [-0.2, -0.15) is 0 Å². The maximum atomic E-state index is 12.4. The van der Waals surface area contributed by atoms with Gasteiger partial charge in [0.25, 0.3) is 0 Å². The zero-order valence-electron chi connectivity index (χ0n) is 12.8. The van der Waals surface area contributed by atoms with Crippen LogP contribution in [0.5, 0.6) is 0 Å². The molecule has 0 heterocycles. The molecule has 0 atom stereocenters. The van der Waals surface area contributed by atoms with Crippen LogP contribution in [0.15, 0.2) is 24.3 Å². The predicted octanol–water partition coefficient (Wildman–Crippen LogP) is 2.93. The molecular formula is C16H22ClNO3. The highest BCUT2D eigenvalue weighted by Gasteiger charge is 2.20. The van der Waals surface area contributed by atoms with Crippen LogP contribution in [0.2, 0.25) is 5.02 Å². The fourth-order valence-corrected chi connectivity index (χ4v) is 2.18. The number of esters is 1. The summed E-state index contributed by atoms with van der Waals surface area (Å²) in [7, 11) is 0. The van der Waals surface area contributed by atoms with E-state index in [0.29, 0.717) is 18.2 Å². The van der Waals surface area contributed by atoms with E-state index >= 15 is 0 Å². The number of nitrogens with zero attached hydrogens (tertiary/aromatic N) is 1. The lowest BCUT2D eigenvalue weighted by atomic mass is 10.1. The Morgan fingerprint density at radius 2 is 1.95 bits per heavy atom. The second-order valence-electron chi connectivity index (χ2n) is 5.24. The number of carbonyl (C=O) groups is 2. The third-order valence-corrected chi connectivity index (χ3v) is 3.23. The molecule has 1 rings (SSSR count). The Hall–Kier alpha value is -1.55. The standard InChI is InChI=1S/C16H22ClNO3/c1-4-21-16(20)11-18(10-12(2)3)15(19)9-13-7-5-6-8-14(13)17/h5-8,12H,4,9-11H2,1-3H3. The van der Waals surface area contributed by atoms with Crippen molar-refractivity contribution in [3.63, 3.8) is 0 Å². The normalized spacial score (nSPS) is 10.5. The average Bonchev–Trinajstić information content (AvgIpc) is 2.40. The van der Waals surface area contributed by atoms with Crippen LogP contribution in [0.1, 0.15) is 26.3 Å². The van der Waals surface area contributed by atoms with Crippen LogP contribution in [0.3, 0.4) is 0 Å². The summed E-state index contributed by atoms with van der Waals surface area (Å²) in [6.07, 6.45) is 0.186. The van der Waals surface area contributed by atoms with Gasteiger partial charge in [-0.05, 0) is 24.5 Å². The van der Waals surface area contributed by atoms with E-state index in [-0.39, 0.29) is 30.8 Å². The molecule has 0 aromatic heterocycles. The van der Waals surface area contributed by atoms with E-state index < -0.39 is 0 Å². The van der Waals surface area contributed by atoms with Gasteiger partial charge in [0, 0.05) is 11.6 Å². The molecule has 0 fully saturated rings. The topological polar surface area (TPSA) is 46.6 Å². The summed E-state index contributed by atoms with van der Waals surface area (Å²) in [5.41, 5.74) is 0.766. The first kappa shape index (κ1) is 17.5. The molecule has 1 aromatic carbocycles. The molecule has 0 aliphatic rings. The van der Waals surface area contributed by atoms with Gasteiger partial charge >= 0.3 is 5.97 Å². The third kappa shape index (κ3) is 6.17. The molecule has 0 N–H and O–H groups in total. The van der Waals surface area contributed by atoms with Crippen molar-refractivity contribution in [3.8, 4) is 0 Å². The van der Waals surface area contributed by atoms with E-state index in [2.05, 4.69) is 0 Å². The molecule has 21 heavy (non-hydrogen) atoms. The number of amides is 1. The summed E-state index contributed by atoms with van der Waals surface area (Å²) in [6.45, 7) is 6.56. The molecule has 0 unspecified atom stereocenters. The molecule has 0 spiro atoms. The maximum Gasteiger partial charge on any atom is 0.325 e. The van der Waals surface area contributed by atoms with E-state index in [1.165, 1.54) is 4.90 Å². The Bertz CT molecular complexity index is 488. The summed E-state index contributed by atoms with van der Waals surface area (Å²) in [5, 5.41) is 0.562. The van der Waals surface area contributed by atoms with E-state index in [1.807, 2.05) is 32.0 Å². The molecule has 5 heteroatoms. The molecule has 116 valence electrons. The first-order chi connectivity index (χ1) is 9.93. The minimum absolute atomic E-state index is 0.0185. The molecule has 0 saturated carbocycles. The number of hydrogen-bond acceptors (Lipinski definition) is 3. The van der Waals surface area contributed by atoms with E-state index in [0.717, 1.165) is 5.56 Å². The van der Waals surface area contributed by atoms with Crippen LogP contribution in [0.25, 0.3) is 0 Å². The number of halogens is 1. The highest BCUT2D eigenvalue weighted by Crippen LogP contribution is 2.16. The predicted molar refractivity (Wildman–Crippen MR) is 83.2 cm³/mol. The summed E-state index contributed by atoms with van der Waals surface area (Å²) in [4.78, 5) is 25.5. The second-order valence-corrected chi connectivity index (χ2v) is 5.65. The molecule has 4 nitrogen and oxygen atoms in total. The minimum Gasteiger partial charge on any atom is -0.465 e. The molecule has 1 aromatic rings. The Morgan fingerprint density at radius 3 is 2.52 bits per heavy atom. The van der Waals surface area contributed by atoms with Gasteiger partial charge in [0.1, 0.15) is 6.54 Å². The van der Waals surface area contributed by atoms with Crippen LogP contribution in [-0.4, -0.2) is 36.5 Å². The zero-order valence-corrected chi connectivity index (χ0v) is 13.5. The summed E-state index contributed by atoms with van der Waals surface area (Å²) >= 11 is 6.07. The van der Waals surface area contributed by atoms with E-state index in [9.17, 15) is 9.59 Å². The number of benzene rings is 1. The first-order valence-electron chi connectivity index (χ1n) is 7.10. The molecular weight excluding hydrogens is 290 g/mol. The van der Waals surface area contributed by atoms with Crippen molar-refractivity contribution in [3.05, 3.63) is 34.9 Å². The Kier molecular flexibility index (Phi) is 7.23. The summed E-state index contributed by atoms with van der Waals surface area (Å²) in [6, 6.07) is 7.23. The van der Waals surface area contributed by atoms with Gasteiger partial charge in [-0.15, -0.1) is 0 Å². The van der Waals surface area contributed by atoms with Gasteiger partial charge in [0.15, 0.2) is 0 Å². The fourth-order valence-electron chi connectivity index (χ4n) is 1.97. The van der Waals surface area contributed by atoms with Gasteiger partial charge in [-0.1, -0.05) is 43.6 Å². The quantitative estimate of drug-likeness (QED) is 0.727. The molecule has 1 amide bonds. The average molecular weight is 312 g/mol. The van der Waals surface area contributed by atoms with Gasteiger partial charge in [-0.3, -0.25) is 9.59 Å². The zero-order chi connectivity index (χ0) is 15.8. The molecule has 0 bridgehead atoms. The Morgan fingerprint density at radius 1 is 1.29 bits per heavy atom. The lowest BCUT2D eigenvalue weighted by Gasteiger charge is -2.24. The monoisotopic (exact) mass is 311 g/mol. The van der Waals surface area contributed by atoms with E-state index in [4.69, 9.17) is 16.3 Å². The van der Waals surface area contributed by atoms with Crippen molar-refractivity contribution in [2.45, 2.75) is 27.2 Å². The highest BCUT2D eigenvalue weighted by molar-refractivity contribution is 6.31. The fraction of sp³-hybridized carbons (Fsp3) is 0.500. The minimum atomic E-state index is -0.384. The van der Waals surface area contributed by atoms with Crippen molar-refractivity contribution in [1.82, 2.24) is 4.90 Å². The molecule has 0 aliphatic heterocycles. The van der Waals surface area contributed by atoms with Gasteiger partial charge in [0.2, 0.25) is 5.91 Å². The SMILES string of the molecule is CCOC(=O)CN(CC(C)C)C(=O)Cc1ccccc1Cl. The van der Waals surface area contributed by atoms with Crippen molar-refractivity contribution >= 4 is 23.5 Å². The second kappa shape index (κ2) is 8.67. The number of rotatable bonds is 7. The molecule has 0 aliphatic carbocycles. The van der Waals surface area contributed by atoms with Crippen molar-refractivity contribution in [1.29, 1.82) is 0 Å².